The number of nitrogens with zero attached hydrogens (tertiary/aromatic N) is 3. The first-order valence-corrected chi connectivity index (χ1v) is 8.19. The number of aryl methyl sites for hydroxylation is 1. The number of hydrogen-bond donors (Lipinski definition) is 1. The molecule has 2 aromatic rings. The molecule has 1 atom stereocenters. The Morgan fingerprint density at radius 1 is 1.45 bits per heavy atom. The average molecular weight is 320 g/mol. The summed E-state index contributed by atoms with van der Waals surface area (Å²) in [7, 11) is 0. The van der Waals surface area contributed by atoms with Gasteiger partial charge in [-0.05, 0) is 19.1 Å². The fourth-order valence-electron chi connectivity index (χ4n) is 2.57. The Morgan fingerprint density at radius 3 is 2.82 bits per heavy atom. The second-order valence-corrected chi connectivity index (χ2v) is 6.67. The van der Waals surface area contributed by atoms with Gasteiger partial charge >= 0.3 is 0 Å². The van der Waals surface area contributed by atoms with Crippen molar-refractivity contribution in [2.45, 2.75) is 19.4 Å². The number of piperazine rings is 1. The maximum Gasteiger partial charge on any atom is 0.240 e. The Hall–Kier alpha value is -1.86. The van der Waals surface area contributed by atoms with E-state index in [1.54, 1.807) is 23.7 Å². The van der Waals surface area contributed by atoms with E-state index >= 15 is 0 Å². The number of nitrogens with two attached hydrogens (primary N) is 1. The second kappa shape index (κ2) is 6.50. The fraction of sp³-hybridized carbons (Fsp3) is 0.467. The van der Waals surface area contributed by atoms with Crippen molar-refractivity contribution >= 4 is 22.4 Å². The molecule has 7 heteroatoms. The van der Waals surface area contributed by atoms with Gasteiger partial charge in [0.25, 0.3) is 0 Å². The van der Waals surface area contributed by atoms with Gasteiger partial charge in [0.15, 0.2) is 5.13 Å². The quantitative estimate of drug-likeness (QED) is 0.918. The molecular weight excluding hydrogens is 300 g/mol. The predicted octanol–water partition coefficient (Wildman–Crippen LogP) is 1.26. The third kappa shape index (κ3) is 3.31. The number of furan rings is 1. The Balaban J connectivity index is 1.53. The summed E-state index contributed by atoms with van der Waals surface area (Å²) in [5.74, 6) is 0.740. The van der Waals surface area contributed by atoms with E-state index in [0.717, 1.165) is 24.0 Å². The van der Waals surface area contributed by atoms with Gasteiger partial charge in [0.1, 0.15) is 5.76 Å². The van der Waals surface area contributed by atoms with Crippen LogP contribution in [0.4, 0.5) is 5.13 Å². The number of amides is 1. The highest BCUT2D eigenvalue weighted by Gasteiger charge is 2.26. The lowest BCUT2D eigenvalue weighted by atomic mass is 10.1. The zero-order valence-electron chi connectivity index (χ0n) is 12.6. The summed E-state index contributed by atoms with van der Waals surface area (Å²) >= 11 is 1.69. The highest BCUT2D eigenvalue weighted by atomic mass is 32.1. The molecule has 0 bridgehead atoms. The number of aromatic nitrogens is 1. The van der Waals surface area contributed by atoms with Crippen LogP contribution in [0.15, 0.2) is 29.0 Å². The van der Waals surface area contributed by atoms with Crippen molar-refractivity contribution in [3.05, 3.63) is 35.2 Å². The smallest absolute Gasteiger partial charge is 0.240 e. The standard InChI is InChI=1S/C15H20N4O2S/c1-11-10-17-15(22-11)19-6-4-18(5-7-19)14(20)13(16)9-12-3-2-8-21-12/h2-3,8,10,13H,4-7,9,16H2,1H3. The molecular formula is C15H20N4O2S. The van der Waals surface area contributed by atoms with Gasteiger partial charge in [0, 0.05) is 43.7 Å². The summed E-state index contributed by atoms with van der Waals surface area (Å²) < 4.78 is 5.25. The molecule has 1 unspecified atom stereocenters. The monoisotopic (exact) mass is 320 g/mol. The highest BCUT2D eigenvalue weighted by molar-refractivity contribution is 7.15. The van der Waals surface area contributed by atoms with E-state index in [4.69, 9.17) is 10.2 Å². The molecule has 0 spiro atoms. The number of carbonyl (C=O) groups excluding carboxylic acids is 1. The van der Waals surface area contributed by atoms with Gasteiger partial charge in [-0.1, -0.05) is 0 Å². The molecule has 0 radical (unpaired) electrons. The topological polar surface area (TPSA) is 75.6 Å². The average Bonchev–Trinajstić information content (AvgIpc) is 3.18. The van der Waals surface area contributed by atoms with Gasteiger partial charge in [0.2, 0.25) is 5.91 Å². The maximum absolute atomic E-state index is 12.4. The predicted molar refractivity (Wildman–Crippen MR) is 86.0 cm³/mol. The Morgan fingerprint density at radius 2 is 2.23 bits per heavy atom. The molecule has 1 aliphatic rings. The molecule has 6 nitrogen and oxygen atoms in total. The summed E-state index contributed by atoms with van der Waals surface area (Å²) in [5.41, 5.74) is 6.01. The van der Waals surface area contributed by atoms with Gasteiger partial charge in [-0.2, -0.15) is 0 Å². The van der Waals surface area contributed by atoms with E-state index in [1.165, 1.54) is 4.88 Å². The maximum atomic E-state index is 12.4. The van der Waals surface area contributed by atoms with Crippen molar-refractivity contribution in [1.29, 1.82) is 0 Å². The first kappa shape index (κ1) is 15.1. The molecule has 1 amide bonds. The van der Waals surface area contributed by atoms with Gasteiger partial charge < -0.3 is 20.0 Å². The summed E-state index contributed by atoms with van der Waals surface area (Å²) in [6, 6.07) is 3.11. The van der Waals surface area contributed by atoms with Crippen LogP contribution >= 0.6 is 11.3 Å². The van der Waals surface area contributed by atoms with Crippen molar-refractivity contribution in [2.75, 3.05) is 31.1 Å². The summed E-state index contributed by atoms with van der Waals surface area (Å²) in [5, 5.41) is 1.03. The van der Waals surface area contributed by atoms with Crippen LogP contribution in [0.1, 0.15) is 10.6 Å². The molecule has 3 rings (SSSR count). The van der Waals surface area contributed by atoms with Gasteiger partial charge in [-0.3, -0.25) is 4.79 Å². The largest absolute Gasteiger partial charge is 0.469 e. The lowest BCUT2D eigenvalue weighted by molar-refractivity contribution is -0.132. The lowest BCUT2D eigenvalue weighted by Crippen LogP contribution is -2.53. The minimum Gasteiger partial charge on any atom is -0.469 e. The van der Waals surface area contributed by atoms with Crippen LogP contribution in [0, 0.1) is 6.92 Å². The Bertz CT molecular complexity index is 617. The molecule has 22 heavy (non-hydrogen) atoms. The molecule has 3 heterocycles. The summed E-state index contributed by atoms with van der Waals surface area (Å²) in [6.07, 6.45) is 3.93. The molecule has 1 fully saturated rings. The van der Waals surface area contributed by atoms with Gasteiger partial charge in [0.05, 0.1) is 12.3 Å². The minimum atomic E-state index is -0.542. The van der Waals surface area contributed by atoms with Crippen molar-refractivity contribution < 1.29 is 9.21 Å². The van der Waals surface area contributed by atoms with E-state index in [2.05, 4.69) is 16.8 Å². The Kier molecular flexibility index (Phi) is 4.44. The van der Waals surface area contributed by atoms with E-state index in [0.29, 0.717) is 19.5 Å². The SMILES string of the molecule is Cc1cnc(N2CCN(C(=O)C(N)Cc3ccco3)CC2)s1. The molecule has 1 saturated heterocycles. The van der Waals surface area contributed by atoms with Crippen LogP contribution < -0.4 is 10.6 Å². The fourth-order valence-corrected chi connectivity index (χ4v) is 3.38. The Labute approximate surface area is 133 Å². The van der Waals surface area contributed by atoms with Gasteiger partial charge in [-0.25, -0.2) is 4.98 Å². The van der Waals surface area contributed by atoms with Crippen molar-refractivity contribution in [2.24, 2.45) is 5.73 Å². The zero-order chi connectivity index (χ0) is 15.5. The third-order valence-electron chi connectivity index (χ3n) is 3.79. The van der Waals surface area contributed by atoms with Crippen LogP contribution in [0.2, 0.25) is 0 Å². The molecule has 0 aromatic carbocycles. The number of carbonyl (C=O) groups is 1. The molecule has 2 aromatic heterocycles. The number of hydrogen-bond acceptors (Lipinski definition) is 6. The summed E-state index contributed by atoms with van der Waals surface area (Å²) in [6.45, 7) is 5.01. The van der Waals surface area contributed by atoms with Crippen LogP contribution in [-0.4, -0.2) is 48.0 Å². The van der Waals surface area contributed by atoms with Crippen LogP contribution in [-0.2, 0) is 11.2 Å². The first-order chi connectivity index (χ1) is 10.6. The number of anilines is 1. The van der Waals surface area contributed by atoms with Gasteiger partial charge in [-0.15, -0.1) is 11.3 Å². The van der Waals surface area contributed by atoms with Crippen molar-refractivity contribution in [1.82, 2.24) is 9.88 Å². The normalized spacial score (nSPS) is 16.8. The molecule has 0 aliphatic carbocycles. The molecule has 0 saturated carbocycles. The van der Waals surface area contributed by atoms with Crippen molar-refractivity contribution in [3.63, 3.8) is 0 Å². The molecule has 118 valence electrons. The second-order valence-electron chi connectivity index (χ2n) is 5.46. The third-order valence-corrected chi connectivity index (χ3v) is 4.76. The van der Waals surface area contributed by atoms with Crippen molar-refractivity contribution in [3.8, 4) is 0 Å². The number of thiazole rings is 1. The zero-order valence-corrected chi connectivity index (χ0v) is 13.4. The molecule has 1 aliphatic heterocycles. The van der Waals surface area contributed by atoms with E-state index in [-0.39, 0.29) is 5.91 Å². The van der Waals surface area contributed by atoms with E-state index in [9.17, 15) is 4.79 Å². The molecule has 2 N–H and O–H groups in total. The minimum absolute atomic E-state index is 0.00799. The lowest BCUT2D eigenvalue weighted by Gasteiger charge is -2.35. The van der Waals surface area contributed by atoms with Crippen LogP contribution in [0.25, 0.3) is 0 Å². The summed E-state index contributed by atoms with van der Waals surface area (Å²) in [4.78, 5) is 22.1. The highest BCUT2D eigenvalue weighted by Crippen LogP contribution is 2.22. The first-order valence-electron chi connectivity index (χ1n) is 7.37. The van der Waals surface area contributed by atoms with E-state index < -0.39 is 6.04 Å². The van der Waals surface area contributed by atoms with E-state index in [1.807, 2.05) is 17.2 Å². The van der Waals surface area contributed by atoms with Crippen LogP contribution in [0.3, 0.4) is 0 Å². The van der Waals surface area contributed by atoms with Crippen LogP contribution in [0.5, 0.6) is 0 Å². The number of rotatable bonds is 4.